The average Bonchev–Trinajstić information content (AvgIpc) is 2.66. The molecule has 1 heterocycles. The van der Waals surface area contributed by atoms with E-state index in [2.05, 4.69) is 39.7 Å². The highest BCUT2D eigenvalue weighted by atomic mass is 16.2. The molecule has 6 nitrogen and oxygen atoms in total. The van der Waals surface area contributed by atoms with Crippen LogP contribution in [0.1, 0.15) is 20.8 Å². The minimum absolute atomic E-state index is 0.322. The van der Waals surface area contributed by atoms with Gasteiger partial charge in [0.05, 0.1) is 0 Å². The third-order valence-electron chi connectivity index (χ3n) is 1.99. The molecule has 0 unspecified atom stereocenters. The van der Waals surface area contributed by atoms with Crippen molar-refractivity contribution in [1.82, 2.24) is 20.5 Å². The minimum Gasteiger partial charge on any atom is -0.314 e. The summed E-state index contributed by atoms with van der Waals surface area (Å²) in [4.78, 5) is 15.0. The number of nitrogens with zero attached hydrogens (tertiary/aromatic N) is 2. The van der Waals surface area contributed by atoms with Gasteiger partial charge in [-0.2, -0.15) is 10.1 Å². The average molecular weight is 209 g/mol. The lowest BCUT2D eigenvalue weighted by Gasteiger charge is -2.05. The molecular weight excluding hydrogens is 194 g/mol. The van der Waals surface area contributed by atoms with Crippen molar-refractivity contribution in [2.75, 3.05) is 5.32 Å². The fraction of sp³-hybridized carbons (Fsp3) is 0.444. The monoisotopic (exact) mass is 209 g/mol. The SMILES string of the molecule is C/C(=C\NC(=O)Nc1ncn[nH]1)C(C)C. The summed E-state index contributed by atoms with van der Waals surface area (Å²) < 4.78 is 0. The second-order valence-corrected chi connectivity index (χ2v) is 3.48. The Morgan fingerprint density at radius 2 is 2.33 bits per heavy atom. The molecule has 3 N–H and O–H groups in total. The first kappa shape index (κ1) is 11.2. The van der Waals surface area contributed by atoms with E-state index in [0.29, 0.717) is 11.9 Å². The number of aromatic nitrogens is 3. The normalized spacial score (nSPS) is 11.6. The van der Waals surface area contributed by atoms with Gasteiger partial charge >= 0.3 is 6.03 Å². The zero-order valence-electron chi connectivity index (χ0n) is 9.03. The maximum Gasteiger partial charge on any atom is 0.325 e. The Kier molecular flexibility index (Phi) is 3.84. The Morgan fingerprint density at radius 3 is 2.87 bits per heavy atom. The van der Waals surface area contributed by atoms with Gasteiger partial charge in [-0.1, -0.05) is 19.4 Å². The molecule has 0 bridgehead atoms. The number of rotatable bonds is 3. The van der Waals surface area contributed by atoms with Crippen molar-refractivity contribution in [3.05, 3.63) is 18.1 Å². The molecule has 0 aromatic carbocycles. The Labute approximate surface area is 88.2 Å². The first-order chi connectivity index (χ1) is 7.09. The van der Waals surface area contributed by atoms with E-state index in [1.165, 1.54) is 6.33 Å². The fourth-order valence-electron chi connectivity index (χ4n) is 0.755. The Balaban J connectivity index is 2.40. The number of H-pyrrole nitrogens is 1. The maximum atomic E-state index is 11.3. The Hall–Kier alpha value is -1.85. The Bertz CT molecular complexity index is 341. The molecule has 2 amide bonds. The number of anilines is 1. The summed E-state index contributed by atoms with van der Waals surface area (Å²) in [5.74, 6) is 0.735. The molecule has 0 atom stereocenters. The predicted octanol–water partition coefficient (Wildman–Crippen LogP) is 1.49. The second-order valence-electron chi connectivity index (χ2n) is 3.48. The van der Waals surface area contributed by atoms with Crippen LogP contribution in [-0.4, -0.2) is 21.2 Å². The van der Waals surface area contributed by atoms with Gasteiger partial charge in [0, 0.05) is 6.20 Å². The van der Waals surface area contributed by atoms with Crippen LogP contribution in [0.25, 0.3) is 0 Å². The highest BCUT2D eigenvalue weighted by Crippen LogP contribution is 2.05. The maximum absolute atomic E-state index is 11.3. The van der Waals surface area contributed by atoms with Crippen LogP contribution in [0.4, 0.5) is 10.7 Å². The molecule has 82 valence electrons. The highest BCUT2D eigenvalue weighted by Gasteiger charge is 2.02. The number of allylic oxidation sites excluding steroid dienone is 1. The van der Waals surface area contributed by atoms with Crippen LogP contribution in [0, 0.1) is 5.92 Å². The van der Waals surface area contributed by atoms with E-state index in [-0.39, 0.29) is 6.03 Å². The summed E-state index contributed by atoms with van der Waals surface area (Å²) in [5.41, 5.74) is 1.10. The predicted molar refractivity (Wildman–Crippen MR) is 57.1 cm³/mol. The van der Waals surface area contributed by atoms with Gasteiger partial charge in [0.25, 0.3) is 0 Å². The largest absolute Gasteiger partial charge is 0.325 e. The Morgan fingerprint density at radius 1 is 1.60 bits per heavy atom. The third kappa shape index (κ3) is 3.80. The number of nitrogens with one attached hydrogen (secondary N) is 3. The zero-order chi connectivity index (χ0) is 11.3. The van der Waals surface area contributed by atoms with Gasteiger partial charge in [-0.05, 0) is 12.8 Å². The van der Waals surface area contributed by atoms with Gasteiger partial charge < -0.3 is 5.32 Å². The van der Waals surface area contributed by atoms with E-state index in [9.17, 15) is 4.79 Å². The molecule has 0 aliphatic heterocycles. The van der Waals surface area contributed by atoms with E-state index < -0.39 is 0 Å². The van der Waals surface area contributed by atoms with Gasteiger partial charge in [0.15, 0.2) is 0 Å². The topological polar surface area (TPSA) is 82.7 Å². The van der Waals surface area contributed by atoms with E-state index in [1.54, 1.807) is 6.20 Å². The summed E-state index contributed by atoms with van der Waals surface area (Å²) in [6.07, 6.45) is 3.00. The van der Waals surface area contributed by atoms with Gasteiger partial charge in [0.2, 0.25) is 5.95 Å². The lowest BCUT2D eigenvalue weighted by molar-refractivity contribution is 0.255. The van der Waals surface area contributed by atoms with Crippen molar-refractivity contribution < 1.29 is 4.79 Å². The van der Waals surface area contributed by atoms with E-state index in [0.717, 1.165) is 5.57 Å². The number of amides is 2. The van der Waals surface area contributed by atoms with Crippen molar-refractivity contribution in [2.45, 2.75) is 20.8 Å². The van der Waals surface area contributed by atoms with Crippen molar-refractivity contribution in [2.24, 2.45) is 5.92 Å². The summed E-state index contributed by atoms with van der Waals surface area (Å²) in [6.45, 7) is 6.07. The van der Waals surface area contributed by atoms with Gasteiger partial charge in [-0.15, -0.1) is 0 Å². The summed E-state index contributed by atoms with van der Waals surface area (Å²) >= 11 is 0. The quantitative estimate of drug-likeness (QED) is 0.705. The van der Waals surface area contributed by atoms with Crippen LogP contribution < -0.4 is 10.6 Å². The van der Waals surface area contributed by atoms with Crippen molar-refractivity contribution in [3.63, 3.8) is 0 Å². The second kappa shape index (κ2) is 5.14. The number of carbonyl (C=O) groups excluding carboxylic acids is 1. The van der Waals surface area contributed by atoms with Gasteiger partial charge in [0.1, 0.15) is 6.33 Å². The van der Waals surface area contributed by atoms with Crippen LogP contribution >= 0.6 is 0 Å². The molecule has 0 radical (unpaired) electrons. The first-order valence-electron chi connectivity index (χ1n) is 4.69. The van der Waals surface area contributed by atoms with Crippen LogP contribution in [0.3, 0.4) is 0 Å². The number of hydrogen-bond donors (Lipinski definition) is 3. The molecular formula is C9H15N5O. The molecule has 0 spiro atoms. The van der Waals surface area contributed by atoms with Gasteiger partial charge in [-0.3, -0.25) is 5.32 Å². The third-order valence-corrected chi connectivity index (χ3v) is 1.99. The summed E-state index contributed by atoms with van der Waals surface area (Å²) in [5, 5.41) is 11.2. The molecule has 0 fully saturated rings. The molecule has 1 rings (SSSR count). The first-order valence-corrected chi connectivity index (χ1v) is 4.69. The zero-order valence-corrected chi connectivity index (χ0v) is 9.03. The molecule has 0 saturated carbocycles. The van der Waals surface area contributed by atoms with E-state index in [4.69, 9.17) is 0 Å². The van der Waals surface area contributed by atoms with Crippen molar-refractivity contribution in [3.8, 4) is 0 Å². The molecule has 15 heavy (non-hydrogen) atoms. The molecule has 0 aliphatic carbocycles. The lowest BCUT2D eigenvalue weighted by Crippen LogP contribution is -2.25. The van der Waals surface area contributed by atoms with Crippen LogP contribution in [-0.2, 0) is 0 Å². The van der Waals surface area contributed by atoms with E-state index in [1.807, 2.05) is 6.92 Å². The van der Waals surface area contributed by atoms with Crippen molar-refractivity contribution in [1.29, 1.82) is 0 Å². The molecule has 0 aliphatic rings. The fourth-order valence-corrected chi connectivity index (χ4v) is 0.755. The standard InChI is InChI=1S/C9H15N5O/c1-6(2)7(3)4-10-9(15)13-8-11-5-12-14-8/h4-6H,1-3H3,(H3,10,11,12,13,14,15)/b7-4+. The smallest absolute Gasteiger partial charge is 0.314 e. The molecule has 0 saturated heterocycles. The molecule has 1 aromatic heterocycles. The van der Waals surface area contributed by atoms with E-state index >= 15 is 0 Å². The van der Waals surface area contributed by atoms with Crippen LogP contribution in [0.5, 0.6) is 0 Å². The number of hydrogen-bond acceptors (Lipinski definition) is 3. The van der Waals surface area contributed by atoms with Crippen LogP contribution in [0.15, 0.2) is 18.1 Å². The summed E-state index contributed by atoms with van der Waals surface area (Å²) in [6, 6.07) is -0.341. The number of carbonyl (C=O) groups is 1. The van der Waals surface area contributed by atoms with Crippen molar-refractivity contribution >= 4 is 12.0 Å². The lowest BCUT2D eigenvalue weighted by atomic mass is 10.1. The molecule has 1 aromatic rings. The number of urea groups is 1. The number of aromatic amines is 1. The minimum atomic E-state index is -0.341. The van der Waals surface area contributed by atoms with Crippen LogP contribution in [0.2, 0.25) is 0 Å². The summed E-state index contributed by atoms with van der Waals surface area (Å²) in [7, 11) is 0. The molecule has 6 heteroatoms. The highest BCUT2D eigenvalue weighted by molar-refractivity contribution is 5.87. The van der Waals surface area contributed by atoms with Gasteiger partial charge in [-0.25, -0.2) is 9.89 Å².